The monoisotopic (exact) mass is 404 g/mol. The molecule has 0 aliphatic heterocycles. The van der Waals surface area contributed by atoms with E-state index in [1.54, 1.807) is 23.1 Å². The summed E-state index contributed by atoms with van der Waals surface area (Å²) in [5, 5.41) is 5.33. The van der Waals surface area contributed by atoms with Crippen molar-refractivity contribution in [2.75, 3.05) is 6.54 Å². The van der Waals surface area contributed by atoms with Crippen molar-refractivity contribution in [2.45, 2.75) is 13.2 Å². The van der Waals surface area contributed by atoms with Crippen LogP contribution < -0.4 is 4.74 Å². The summed E-state index contributed by atoms with van der Waals surface area (Å²) >= 11 is 8.90. The maximum atomic E-state index is 12.6. The molecule has 2 aromatic heterocycles. The molecule has 0 radical (unpaired) electrons. The Hall–Kier alpha value is -2.15. The summed E-state index contributed by atoms with van der Waals surface area (Å²) in [6.07, 6.45) is 1.72. The number of thiophene rings is 1. The largest absolute Gasteiger partial charge is 0.486 e. The highest BCUT2D eigenvalue weighted by molar-refractivity contribution is 7.12. The van der Waals surface area contributed by atoms with E-state index in [9.17, 15) is 4.79 Å². The van der Waals surface area contributed by atoms with Crippen molar-refractivity contribution in [1.29, 1.82) is 0 Å². The van der Waals surface area contributed by atoms with Crippen LogP contribution in [0.3, 0.4) is 0 Å². The van der Waals surface area contributed by atoms with E-state index in [4.69, 9.17) is 16.3 Å². The summed E-state index contributed by atoms with van der Waals surface area (Å²) in [5.41, 5.74) is 0.839. The number of hydrogen-bond donors (Lipinski definition) is 0. The van der Waals surface area contributed by atoms with Gasteiger partial charge in [-0.1, -0.05) is 29.8 Å². The number of amides is 1. The van der Waals surface area contributed by atoms with Gasteiger partial charge in [-0.3, -0.25) is 4.79 Å². The number of benzene rings is 1. The van der Waals surface area contributed by atoms with Gasteiger partial charge < -0.3 is 9.64 Å². The van der Waals surface area contributed by atoms with Gasteiger partial charge >= 0.3 is 0 Å². The third-order valence-electron chi connectivity index (χ3n) is 3.48. The number of ether oxygens (including phenoxy) is 1. The van der Waals surface area contributed by atoms with Crippen LogP contribution in [-0.2, 0) is 13.2 Å². The van der Waals surface area contributed by atoms with Crippen LogP contribution in [0.4, 0.5) is 0 Å². The average Bonchev–Trinajstić information content (AvgIpc) is 3.31. The molecule has 0 spiro atoms. The lowest BCUT2D eigenvalue weighted by molar-refractivity contribution is 0.0766. The molecule has 3 aromatic rings. The highest BCUT2D eigenvalue weighted by Crippen LogP contribution is 2.20. The first kappa shape index (κ1) is 18.6. The normalized spacial score (nSPS) is 10.5. The highest BCUT2D eigenvalue weighted by atomic mass is 35.5. The number of thiazole rings is 1. The lowest BCUT2D eigenvalue weighted by Gasteiger charge is -2.19. The molecule has 4 nitrogen and oxygen atoms in total. The van der Waals surface area contributed by atoms with Crippen molar-refractivity contribution < 1.29 is 9.53 Å². The van der Waals surface area contributed by atoms with Gasteiger partial charge in [0, 0.05) is 16.9 Å². The zero-order valence-electron chi connectivity index (χ0n) is 13.9. The average molecular weight is 405 g/mol. The third kappa shape index (κ3) is 4.94. The van der Waals surface area contributed by atoms with Gasteiger partial charge in [0.2, 0.25) is 0 Å². The second-order valence-corrected chi connectivity index (χ2v) is 7.76. The maximum Gasteiger partial charge on any atom is 0.264 e. The van der Waals surface area contributed by atoms with Gasteiger partial charge in [0.05, 0.1) is 17.1 Å². The molecule has 26 heavy (non-hydrogen) atoms. The predicted molar refractivity (Wildman–Crippen MR) is 107 cm³/mol. The molecule has 0 aliphatic rings. The molecule has 0 saturated carbocycles. The van der Waals surface area contributed by atoms with E-state index in [0.29, 0.717) is 35.3 Å². The summed E-state index contributed by atoms with van der Waals surface area (Å²) < 4.78 is 5.71. The van der Waals surface area contributed by atoms with Crippen molar-refractivity contribution in [2.24, 2.45) is 0 Å². The van der Waals surface area contributed by atoms with E-state index in [1.165, 1.54) is 22.7 Å². The topological polar surface area (TPSA) is 42.4 Å². The number of carbonyl (C=O) groups is 1. The Balaban J connectivity index is 1.62. The lowest BCUT2D eigenvalue weighted by atomic mass is 10.3. The van der Waals surface area contributed by atoms with E-state index in [1.807, 2.05) is 35.0 Å². The molecule has 1 aromatic carbocycles. The summed E-state index contributed by atoms with van der Waals surface area (Å²) in [6.45, 7) is 5.02. The lowest BCUT2D eigenvalue weighted by Crippen LogP contribution is -2.30. The van der Waals surface area contributed by atoms with Gasteiger partial charge in [-0.05, 0) is 29.6 Å². The van der Waals surface area contributed by atoms with E-state index in [-0.39, 0.29) is 5.91 Å². The Kier molecular flexibility index (Phi) is 6.44. The van der Waals surface area contributed by atoms with Crippen molar-refractivity contribution >= 4 is 40.2 Å². The van der Waals surface area contributed by atoms with Crippen LogP contribution in [0.1, 0.15) is 20.4 Å². The van der Waals surface area contributed by atoms with Crippen molar-refractivity contribution in [3.05, 3.63) is 80.4 Å². The Morgan fingerprint density at radius 2 is 2.19 bits per heavy atom. The number of rotatable bonds is 8. The van der Waals surface area contributed by atoms with Crippen LogP contribution in [-0.4, -0.2) is 22.3 Å². The minimum atomic E-state index is -0.00960. The van der Waals surface area contributed by atoms with E-state index in [0.717, 1.165) is 10.7 Å². The molecule has 1 amide bonds. The van der Waals surface area contributed by atoms with Crippen molar-refractivity contribution in [3.63, 3.8) is 0 Å². The quantitative estimate of drug-likeness (QED) is 0.480. The van der Waals surface area contributed by atoms with Gasteiger partial charge in [-0.15, -0.1) is 29.3 Å². The first-order chi connectivity index (χ1) is 12.7. The van der Waals surface area contributed by atoms with Crippen LogP contribution in [0, 0.1) is 0 Å². The van der Waals surface area contributed by atoms with E-state index < -0.39 is 0 Å². The molecule has 0 N–H and O–H groups in total. The second-order valence-electron chi connectivity index (χ2n) is 5.43. The molecule has 0 unspecified atom stereocenters. The third-order valence-corrected chi connectivity index (χ3v) is 5.44. The minimum Gasteiger partial charge on any atom is -0.486 e. The number of nitrogens with zero attached hydrogens (tertiary/aromatic N) is 2. The molecule has 7 heteroatoms. The number of aromatic nitrogens is 1. The van der Waals surface area contributed by atoms with Crippen molar-refractivity contribution in [3.8, 4) is 5.75 Å². The number of carbonyl (C=O) groups excluding carboxylic acids is 1. The first-order valence-electron chi connectivity index (χ1n) is 7.91. The molecule has 134 valence electrons. The van der Waals surface area contributed by atoms with Gasteiger partial charge in [-0.2, -0.15) is 0 Å². The van der Waals surface area contributed by atoms with Crippen LogP contribution in [0.5, 0.6) is 5.75 Å². The molecule has 2 heterocycles. The Labute approximate surface area is 165 Å². The molecular formula is C19H17ClN2O2S2. The fraction of sp³-hybridized carbons (Fsp3) is 0.158. The van der Waals surface area contributed by atoms with Crippen molar-refractivity contribution in [1.82, 2.24) is 9.88 Å². The van der Waals surface area contributed by atoms with Crippen LogP contribution in [0.2, 0.25) is 5.02 Å². The maximum absolute atomic E-state index is 12.6. The smallest absolute Gasteiger partial charge is 0.264 e. The highest BCUT2D eigenvalue weighted by Gasteiger charge is 2.17. The van der Waals surface area contributed by atoms with Gasteiger partial charge in [0.1, 0.15) is 17.4 Å². The molecule has 0 fully saturated rings. The summed E-state index contributed by atoms with van der Waals surface area (Å²) in [7, 11) is 0. The predicted octanol–water partition coefficient (Wildman–Crippen LogP) is 5.27. The summed E-state index contributed by atoms with van der Waals surface area (Å²) in [6, 6.07) is 11.0. The standard InChI is InChI=1S/C19H17ClN2O2S2/c1-2-8-22(19(23)17-7-4-9-25-17)11-15-13-26-18(21-15)12-24-16-6-3-5-14(20)10-16/h2-7,9-10,13H,1,8,11-12H2. The molecule has 0 saturated heterocycles. The summed E-state index contributed by atoms with van der Waals surface area (Å²) in [4.78, 5) is 19.6. The van der Waals surface area contributed by atoms with Gasteiger partial charge in [0.25, 0.3) is 5.91 Å². The van der Waals surface area contributed by atoms with E-state index in [2.05, 4.69) is 11.6 Å². The molecular weight excluding hydrogens is 388 g/mol. The second kappa shape index (κ2) is 8.98. The van der Waals surface area contributed by atoms with Gasteiger partial charge in [-0.25, -0.2) is 4.98 Å². The molecule has 0 atom stereocenters. The van der Waals surface area contributed by atoms with Crippen LogP contribution in [0.15, 0.2) is 59.8 Å². The van der Waals surface area contributed by atoms with Crippen LogP contribution in [0.25, 0.3) is 0 Å². The Morgan fingerprint density at radius 1 is 1.31 bits per heavy atom. The SMILES string of the molecule is C=CCN(Cc1csc(COc2cccc(Cl)c2)n1)C(=O)c1cccs1. The Morgan fingerprint density at radius 3 is 2.92 bits per heavy atom. The molecule has 3 rings (SSSR count). The van der Waals surface area contributed by atoms with Crippen LogP contribution >= 0.6 is 34.3 Å². The van der Waals surface area contributed by atoms with Gasteiger partial charge in [0.15, 0.2) is 0 Å². The van der Waals surface area contributed by atoms with E-state index >= 15 is 0 Å². The fourth-order valence-electron chi connectivity index (χ4n) is 2.32. The zero-order valence-corrected chi connectivity index (χ0v) is 16.3. The minimum absolute atomic E-state index is 0.00960. The first-order valence-corrected chi connectivity index (χ1v) is 10.0. The summed E-state index contributed by atoms with van der Waals surface area (Å²) in [5.74, 6) is 0.694. The molecule has 0 aliphatic carbocycles. The fourth-order valence-corrected chi connectivity index (χ4v) is 3.88. The number of halogens is 1. The Bertz CT molecular complexity index is 877. The number of hydrogen-bond acceptors (Lipinski definition) is 5. The zero-order chi connectivity index (χ0) is 18.4. The molecule has 0 bridgehead atoms.